The van der Waals surface area contributed by atoms with Gasteiger partial charge in [0.25, 0.3) is 0 Å². The highest BCUT2D eigenvalue weighted by atomic mass is 16.5. The highest BCUT2D eigenvalue weighted by molar-refractivity contribution is 5.78. The first-order chi connectivity index (χ1) is 35.5. The van der Waals surface area contributed by atoms with Gasteiger partial charge in [0.2, 0.25) is 5.91 Å². The summed E-state index contributed by atoms with van der Waals surface area (Å²) in [7, 11) is 0. The van der Waals surface area contributed by atoms with Crippen LogP contribution in [0.5, 0.6) is 0 Å². The van der Waals surface area contributed by atoms with E-state index in [9.17, 15) is 9.59 Å². The molecule has 0 spiro atoms. The molecule has 0 aromatic rings. The van der Waals surface area contributed by atoms with Crippen LogP contribution < -0.4 is 0 Å². The molecule has 1 fully saturated rings. The van der Waals surface area contributed by atoms with Crippen LogP contribution in [0.15, 0.2) is 0 Å². The van der Waals surface area contributed by atoms with Crippen LogP contribution in [0.3, 0.4) is 0 Å². The molecule has 72 heavy (non-hydrogen) atoms. The van der Waals surface area contributed by atoms with Crippen molar-refractivity contribution in [2.45, 2.75) is 324 Å². The van der Waals surface area contributed by atoms with Crippen molar-refractivity contribution in [3.8, 4) is 0 Å². The predicted molar refractivity (Wildman–Crippen MR) is 316 cm³/mol. The molecule has 1 rings (SSSR count). The maximum absolute atomic E-state index is 14.1. The SMILES string of the molecule is CCCCCCCCCCCCCCN(CCCCCC(=O)OCCCCCCC)CCC1CCN(C(=O)CN(CCCCCCCCC)CCN(CCCCCCCCC)CCCCCCCCC)CC1. The third-order valence-corrected chi connectivity index (χ3v) is 16.3. The van der Waals surface area contributed by atoms with Gasteiger partial charge >= 0.3 is 5.97 Å². The average Bonchev–Trinajstić information content (AvgIpc) is 3.39. The zero-order chi connectivity index (χ0) is 52.1. The third-order valence-electron chi connectivity index (χ3n) is 16.3. The Labute approximate surface area is 452 Å². The van der Waals surface area contributed by atoms with E-state index >= 15 is 0 Å². The van der Waals surface area contributed by atoms with Gasteiger partial charge in [-0.05, 0) is 109 Å². The van der Waals surface area contributed by atoms with Gasteiger partial charge in [-0.25, -0.2) is 0 Å². The van der Waals surface area contributed by atoms with E-state index in [1.807, 2.05) is 0 Å². The van der Waals surface area contributed by atoms with Crippen molar-refractivity contribution < 1.29 is 14.3 Å². The normalized spacial score (nSPS) is 13.4. The summed E-state index contributed by atoms with van der Waals surface area (Å²) in [5.41, 5.74) is 0. The molecule has 0 aromatic carbocycles. The molecule has 0 radical (unpaired) electrons. The Morgan fingerprint density at radius 1 is 0.361 bits per heavy atom. The molecule has 1 aliphatic rings. The minimum atomic E-state index is -0.000600. The van der Waals surface area contributed by atoms with E-state index in [0.29, 0.717) is 31.4 Å². The monoisotopic (exact) mass is 1020 g/mol. The fraction of sp³-hybridized carbons (Fsp3) is 0.969. The molecule has 0 aliphatic carbocycles. The van der Waals surface area contributed by atoms with Crippen LogP contribution in [-0.2, 0) is 14.3 Å². The van der Waals surface area contributed by atoms with E-state index in [0.717, 1.165) is 71.4 Å². The van der Waals surface area contributed by atoms with Crippen LogP contribution in [0.25, 0.3) is 0 Å². The molecule has 0 saturated carbocycles. The van der Waals surface area contributed by atoms with E-state index in [4.69, 9.17) is 4.74 Å². The third kappa shape index (κ3) is 45.1. The minimum Gasteiger partial charge on any atom is -0.466 e. The number of amides is 1. The molecule has 1 amide bonds. The van der Waals surface area contributed by atoms with E-state index < -0.39 is 0 Å². The number of rotatable bonds is 57. The van der Waals surface area contributed by atoms with Crippen LogP contribution in [-0.4, -0.2) is 110 Å². The summed E-state index contributed by atoms with van der Waals surface area (Å²) in [6.07, 6.45) is 58.4. The Hall–Kier alpha value is -1.18. The summed E-state index contributed by atoms with van der Waals surface area (Å²) in [6.45, 7) is 23.7. The first-order valence-electron chi connectivity index (χ1n) is 33.1. The zero-order valence-electron chi connectivity index (χ0n) is 49.9. The smallest absolute Gasteiger partial charge is 0.305 e. The largest absolute Gasteiger partial charge is 0.466 e. The molecule has 1 saturated heterocycles. The molecular weight excluding hydrogens is 885 g/mol. The number of hydrogen-bond acceptors (Lipinski definition) is 6. The summed E-state index contributed by atoms with van der Waals surface area (Å²) in [6, 6.07) is 0. The Bertz CT molecular complexity index is 1100. The second kappa shape index (κ2) is 54.6. The predicted octanol–water partition coefficient (Wildman–Crippen LogP) is 18.5. The van der Waals surface area contributed by atoms with Crippen LogP contribution in [0, 0.1) is 5.92 Å². The van der Waals surface area contributed by atoms with Crippen molar-refractivity contribution in [2.24, 2.45) is 5.92 Å². The van der Waals surface area contributed by atoms with Gasteiger partial charge in [-0.2, -0.15) is 0 Å². The molecule has 0 N–H and O–H groups in total. The standard InChI is InChI=1S/C65H130N4O3/c1-6-11-16-21-25-26-27-28-29-33-36-41-51-66(52-45-39-40-47-65(71)72-61-46-38-20-15-10-5)56-48-63-49-57-69(58-50-63)64(70)62-68(55-44-37-32-24-19-14-9-4)60-59-67(53-42-34-30-22-17-12-7-2)54-43-35-31-23-18-13-8-3/h63H,6-62H2,1-5H3. The lowest BCUT2D eigenvalue weighted by Crippen LogP contribution is -2.46. The lowest BCUT2D eigenvalue weighted by atomic mass is 9.93. The number of carbonyl (C=O) groups excluding carboxylic acids is 2. The highest BCUT2D eigenvalue weighted by Crippen LogP contribution is 2.23. The lowest BCUT2D eigenvalue weighted by molar-refractivity contribution is -0.144. The van der Waals surface area contributed by atoms with Gasteiger partial charge in [-0.1, -0.05) is 253 Å². The minimum absolute atomic E-state index is 0.000600. The lowest BCUT2D eigenvalue weighted by Gasteiger charge is -2.35. The Balaban J connectivity index is 2.72. The molecule has 1 aliphatic heterocycles. The number of carbonyl (C=O) groups is 2. The number of esters is 1. The summed E-state index contributed by atoms with van der Waals surface area (Å²) >= 11 is 0. The molecular formula is C65H130N4O3. The second-order valence-electron chi connectivity index (χ2n) is 23.3. The van der Waals surface area contributed by atoms with E-state index in [2.05, 4.69) is 54.2 Å². The summed E-state index contributed by atoms with van der Waals surface area (Å²) < 4.78 is 5.55. The van der Waals surface area contributed by atoms with Crippen molar-refractivity contribution in [3.63, 3.8) is 0 Å². The molecule has 0 atom stereocenters. The quantitative estimate of drug-likeness (QED) is 0.0447. The van der Waals surface area contributed by atoms with Crippen molar-refractivity contribution in [2.75, 3.05) is 78.6 Å². The number of ether oxygens (including phenoxy) is 1. The number of likely N-dealkylation sites (tertiary alicyclic amines) is 1. The van der Waals surface area contributed by atoms with E-state index in [1.54, 1.807) is 0 Å². The molecule has 7 nitrogen and oxygen atoms in total. The number of piperidine rings is 1. The molecule has 0 aromatic heterocycles. The zero-order valence-corrected chi connectivity index (χ0v) is 49.9. The van der Waals surface area contributed by atoms with Gasteiger partial charge in [0.15, 0.2) is 0 Å². The first-order valence-corrected chi connectivity index (χ1v) is 33.1. The number of nitrogens with zero attached hydrogens (tertiary/aromatic N) is 4. The van der Waals surface area contributed by atoms with Gasteiger partial charge < -0.3 is 19.4 Å². The summed E-state index contributed by atoms with van der Waals surface area (Å²) in [5, 5.41) is 0. The van der Waals surface area contributed by atoms with Gasteiger partial charge in [-0.15, -0.1) is 0 Å². The summed E-state index contributed by atoms with van der Waals surface area (Å²) in [4.78, 5) is 36.8. The average molecular weight is 1020 g/mol. The van der Waals surface area contributed by atoms with Gasteiger partial charge in [-0.3, -0.25) is 14.5 Å². The first kappa shape index (κ1) is 68.8. The molecule has 1 heterocycles. The Morgan fingerprint density at radius 3 is 1.06 bits per heavy atom. The Morgan fingerprint density at radius 2 is 0.667 bits per heavy atom. The van der Waals surface area contributed by atoms with Crippen LogP contribution in [0.4, 0.5) is 0 Å². The van der Waals surface area contributed by atoms with Crippen LogP contribution >= 0.6 is 0 Å². The van der Waals surface area contributed by atoms with Crippen molar-refractivity contribution >= 4 is 11.9 Å². The summed E-state index contributed by atoms with van der Waals surface area (Å²) in [5.74, 6) is 1.09. The van der Waals surface area contributed by atoms with Crippen LogP contribution in [0.1, 0.15) is 324 Å². The number of hydrogen-bond donors (Lipinski definition) is 0. The number of unbranched alkanes of at least 4 members (excludes halogenated alkanes) is 35. The maximum atomic E-state index is 14.1. The topological polar surface area (TPSA) is 56.3 Å². The van der Waals surface area contributed by atoms with Gasteiger partial charge in [0.1, 0.15) is 0 Å². The molecule has 0 unspecified atom stereocenters. The Kier molecular flexibility index (Phi) is 52.2. The fourth-order valence-electron chi connectivity index (χ4n) is 11.2. The maximum Gasteiger partial charge on any atom is 0.305 e. The van der Waals surface area contributed by atoms with Crippen molar-refractivity contribution in [1.82, 2.24) is 19.6 Å². The van der Waals surface area contributed by atoms with Gasteiger partial charge in [0.05, 0.1) is 13.2 Å². The molecule has 428 valence electrons. The second-order valence-corrected chi connectivity index (χ2v) is 23.3. The van der Waals surface area contributed by atoms with Gasteiger partial charge in [0, 0.05) is 32.6 Å². The molecule has 7 heteroatoms. The van der Waals surface area contributed by atoms with Crippen molar-refractivity contribution in [1.29, 1.82) is 0 Å². The fourth-order valence-corrected chi connectivity index (χ4v) is 11.2. The molecule has 0 bridgehead atoms. The van der Waals surface area contributed by atoms with Crippen molar-refractivity contribution in [3.05, 3.63) is 0 Å². The van der Waals surface area contributed by atoms with Crippen LogP contribution in [0.2, 0.25) is 0 Å². The van der Waals surface area contributed by atoms with E-state index in [-0.39, 0.29) is 5.97 Å². The highest BCUT2D eigenvalue weighted by Gasteiger charge is 2.25. The van der Waals surface area contributed by atoms with E-state index in [1.165, 1.54) is 277 Å².